The van der Waals surface area contributed by atoms with Gasteiger partial charge in [0.1, 0.15) is 0 Å². The molecule has 0 radical (unpaired) electrons. The summed E-state index contributed by atoms with van der Waals surface area (Å²) in [7, 11) is 5.63. The molecule has 1 aromatic carbocycles. The van der Waals surface area contributed by atoms with E-state index in [0.29, 0.717) is 6.54 Å². The molecular weight excluding hydrogens is 202 g/mol. The molecule has 1 rings (SSSR count). The van der Waals surface area contributed by atoms with E-state index >= 15 is 0 Å². The van der Waals surface area contributed by atoms with Gasteiger partial charge in [0.05, 0.1) is 0 Å². The van der Waals surface area contributed by atoms with E-state index in [2.05, 4.69) is 10.2 Å². The van der Waals surface area contributed by atoms with Crippen LogP contribution in [0, 0.1) is 0 Å². The molecule has 0 spiro atoms. The molecule has 88 valence electrons. The molecule has 0 saturated heterocycles. The molecule has 0 aliphatic rings. The number of carbonyl (C=O) groups excluding carboxylic acids is 1. The molecule has 0 heterocycles. The first-order chi connectivity index (χ1) is 7.65. The van der Waals surface area contributed by atoms with Gasteiger partial charge in [0, 0.05) is 25.8 Å². The van der Waals surface area contributed by atoms with Gasteiger partial charge in [-0.1, -0.05) is 18.2 Å². The first kappa shape index (κ1) is 12.5. The molecule has 0 aliphatic heterocycles. The minimum atomic E-state index is -0.0759. The second kappa shape index (κ2) is 6.12. The van der Waals surface area contributed by atoms with Crippen molar-refractivity contribution in [2.24, 2.45) is 0 Å². The Balaban J connectivity index is 2.76. The second-order valence-electron chi connectivity index (χ2n) is 3.85. The maximum atomic E-state index is 11.7. The van der Waals surface area contributed by atoms with E-state index in [-0.39, 0.29) is 6.03 Å². The van der Waals surface area contributed by atoms with E-state index in [0.717, 1.165) is 12.2 Å². The zero-order valence-corrected chi connectivity index (χ0v) is 10.1. The van der Waals surface area contributed by atoms with Crippen LogP contribution in [0.15, 0.2) is 30.3 Å². The lowest BCUT2D eigenvalue weighted by atomic mass is 10.3. The standard InChI is InChI=1S/C12H19N3O/c1-13-12(16)15(10-9-14(2)3)11-7-5-4-6-8-11/h4-8H,9-10H2,1-3H3,(H,13,16). The van der Waals surface area contributed by atoms with Crippen LogP contribution < -0.4 is 10.2 Å². The van der Waals surface area contributed by atoms with Crippen LogP contribution in [0.25, 0.3) is 0 Å². The Labute approximate surface area is 96.9 Å². The molecule has 0 bridgehead atoms. The monoisotopic (exact) mass is 221 g/mol. The first-order valence-electron chi connectivity index (χ1n) is 5.34. The Morgan fingerprint density at radius 3 is 2.31 bits per heavy atom. The molecule has 0 aliphatic carbocycles. The van der Waals surface area contributed by atoms with E-state index in [1.807, 2.05) is 44.4 Å². The lowest BCUT2D eigenvalue weighted by molar-refractivity contribution is 0.247. The molecule has 0 fully saturated rings. The Bertz CT molecular complexity index is 324. The number of nitrogens with one attached hydrogen (secondary N) is 1. The Morgan fingerprint density at radius 2 is 1.81 bits per heavy atom. The van der Waals surface area contributed by atoms with Crippen molar-refractivity contribution in [3.63, 3.8) is 0 Å². The fourth-order valence-corrected chi connectivity index (χ4v) is 1.39. The number of hydrogen-bond acceptors (Lipinski definition) is 2. The fraction of sp³-hybridized carbons (Fsp3) is 0.417. The highest BCUT2D eigenvalue weighted by Gasteiger charge is 2.13. The first-order valence-corrected chi connectivity index (χ1v) is 5.34. The van der Waals surface area contributed by atoms with E-state index in [1.165, 1.54) is 0 Å². The fourth-order valence-electron chi connectivity index (χ4n) is 1.39. The van der Waals surface area contributed by atoms with Gasteiger partial charge in [-0.15, -0.1) is 0 Å². The Kier molecular flexibility index (Phi) is 4.79. The van der Waals surface area contributed by atoms with Crippen LogP contribution in [-0.4, -0.2) is 45.2 Å². The predicted octanol–water partition coefficient (Wildman–Crippen LogP) is 1.39. The number of nitrogens with zero attached hydrogens (tertiary/aromatic N) is 2. The molecule has 1 N–H and O–H groups in total. The molecule has 1 aromatic rings. The zero-order chi connectivity index (χ0) is 12.0. The number of amides is 2. The number of hydrogen-bond donors (Lipinski definition) is 1. The Hall–Kier alpha value is -1.55. The molecule has 16 heavy (non-hydrogen) atoms. The lowest BCUT2D eigenvalue weighted by Crippen LogP contribution is -2.41. The van der Waals surface area contributed by atoms with Crippen LogP contribution in [0.5, 0.6) is 0 Å². The average molecular weight is 221 g/mol. The van der Waals surface area contributed by atoms with Crippen LogP contribution in [0.4, 0.5) is 10.5 Å². The van der Waals surface area contributed by atoms with Crippen molar-refractivity contribution in [1.82, 2.24) is 10.2 Å². The van der Waals surface area contributed by atoms with E-state index in [4.69, 9.17) is 0 Å². The summed E-state index contributed by atoms with van der Waals surface area (Å²) in [5.74, 6) is 0. The highest BCUT2D eigenvalue weighted by atomic mass is 16.2. The third-order valence-corrected chi connectivity index (χ3v) is 2.30. The summed E-state index contributed by atoms with van der Waals surface area (Å²) in [6, 6.07) is 9.60. The van der Waals surface area contributed by atoms with Gasteiger partial charge in [-0.3, -0.25) is 4.90 Å². The number of rotatable bonds is 4. The molecular formula is C12H19N3O. The van der Waals surface area contributed by atoms with Crippen molar-refractivity contribution < 1.29 is 4.79 Å². The van der Waals surface area contributed by atoms with Gasteiger partial charge in [0.2, 0.25) is 0 Å². The smallest absolute Gasteiger partial charge is 0.321 e. The highest BCUT2D eigenvalue weighted by Crippen LogP contribution is 2.12. The largest absolute Gasteiger partial charge is 0.341 e. The summed E-state index contributed by atoms with van der Waals surface area (Å²) >= 11 is 0. The van der Waals surface area contributed by atoms with Crippen LogP contribution in [0.1, 0.15) is 0 Å². The molecule has 0 unspecified atom stereocenters. The van der Waals surface area contributed by atoms with Gasteiger partial charge in [0.15, 0.2) is 0 Å². The predicted molar refractivity (Wildman–Crippen MR) is 66.8 cm³/mol. The van der Waals surface area contributed by atoms with Crippen LogP contribution in [0.2, 0.25) is 0 Å². The molecule has 4 heteroatoms. The van der Waals surface area contributed by atoms with Gasteiger partial charge in [-0.25, -0.2) is 4.79 Å². The Morgan fingerprint density at radius 1 is 1.19 bits per heavy atom. The number of urea groups is 1. The maximum Gasteiger partial charge on any atom is 0.321 e. The normalized spacial score (nSPS) is 10.2. The third-order valence-electron chi connectivity index (χ3n) is 2.30. The van der Waals surface area contributed by atoms with E-state index < -0.39 is 0 Å². The van der Waals surface area contributed by atoms with Crippen molar-refractivity contribution in [1.29, 1.82) is 0 Å². The van der Waals surface area contributed by atoms with Crippen LogP contribution in [-0.2, 0) is 0 Å². The summed E-state index contributed by atoms with van der Waals surface area (Å²) in [6.45, 7) is 1.51. The number of anilines is 1. The minimum absolute atomic E-state index is 0.0759. The highest BCUT2D eigenvalue weighted by molar-refractivity contribution is 5.91. The molecule has 0 atom stereocenters. The molecule has 0 aromatic heterocycles. The number of para-hydroxylation sites is 1. The van der Waals surface area contributed by atoms with E-state index in [1.54, 1.807) is 11.9 Å². The summed E-state index contributed by atoms with van der Waals surface area (Å²) in [5.41, 5.74) is 0.920. The SMILES string of the molecule is CNC(=O)N(CCN(C)C)c1ccccc1. The summed E-state index contributed by atoms with van der Waals surface area (Å²) in [6.07, 6.45) is 0. The number of benzene rings is 1. The van der Waals surface area contributed by atoms with Crippen molar-refractivity contribution in [3.8, 4) is 0 Å². The second-order valence-corrected chi connectivity index (χ2v) is 3.85. The summed E-state index contributed by atoms with van der Waals surface area (Å²) < 4.78 is 0. The summed E-state index contributed by atoms with van der Waals surface area (Å²) in [5, 5.41) is 2.66. The van der Waals surface area contributed by atoms with Gasteiger partial charge < -0.3 is 10.2 Å². The summed E-state index contributed by atoms with van der Waals surface area (Å²) in [4.78, 5) is 15.5. The quantitative estimate of drug-likeness (QED) is 0.834. The van der Waals surface area contributed by atoms with Crippen molar-refractivity contribution >= 4 is 11.7 Å². The van der Waals surface area contributed by atoms with Gasteiger partial charge >= 0.3 is 6.03 Å². The molecule has 4 nitrogen and oxygen atoms in total. The van der Waals surface area contributed by atoms with Gasteiger partial charge in [-0.05, 0) is 26.2 Å². The van der Waals surface area contributed by atoms with Crippen molar-refractivity contribution in [2.75, 3.05) is 39.1 Å². The van der Waals surface area contributed by atoms with E-state index in [9.17, 15) is 4.79 Å². The topological polar surface area (TPSA) is 35.6 Å². The van der Waals surface area contributed by atoms with Crippen LogP contribution >= 0.6 is 0 Å². The zero-order valence-electron chi connectivity index (χ0n) is 10.1. The lowest BCUT2D eigenvalue weighted by Gasteiger charge is -2.23. The molecule has 0 saturated carbocycles. The van der Waals surface area contributed by atoms with Gasteiger partial charge in [0.25, 0.3) is 0 Å². The van der Waals surface area contributed by atoms with Crippen molar-refractivity contribution in [3.05, 3.63) is 30.3 Å². The number of likely N-dealkylation sites (N-methyl/N-ethyl adjacent to an activating group) is 1. The van der Waals surface area contributed by atoms with Gasteiger partial charge in [-0.2, -0.15) is 0 Å². The third kappa shape index (κ3) is 3.55. The van der Waals surface area contributed by atoms with Crippen molar-refractivity contribution in [2.45, 2.75) is 0 Å². The maximum absolute atomic E-state index is 11.7. The van der Waals surface area contributed by atoms with Crippen LogP contribution in [0.3, 0.4) is 0 Å². The average Bonchev–Trinajstić information content (AvgIpc) is 2.30. The minimum Gasteiger partial charge on any atom is -0.341 e. The molecule has 2 amide bonds. The number of carbonyl (C=O) groups is 1.